The molecule has 2 bridgehead atoms. The van der Waals surface area contributed by atoms with E-state index < -0.39 is 27.6 Å². The van der Waals surface area contributed by atoms with Crippen molar-refractivity contribution in [1.29, 1.82) is 0 Å². The van der Waals surface area contributed by atoms with Gasteiger partial charge in [0.1, 0.15) is 5.75 Å². The average Bonchev–Trinajstić information content (AvgIpc) is 3.09. The third-order valence-electron chi connectivity index (χ3n) is 10.3. The first-order chi connectivity index (χ1) is 20.4. The van der Waals surface area contributed by atoms with Crippen molar-refractivity contribution in [2.45, 2.75) is 74.8 Å². The average molecular weight is 628 g/mol. The standard InChI is InChI=1S/C33H42ClN3O5S/c1-4-37-16-6-8-29(38)26-12-9-23(26)19-36-20-33(15-5-7-22-17-24(34)10-13-27(22)33)21-42-30-14-11-25(18-28(30)36)43(40,41)35-31(39)32(37,2)3/h6,8,10-11,13-14,17-18,23,26,29,38H,4-5,7,9,12,15-16,19-21H2,1-3H3,(H,35,39)/t23-,26+,29-,33-/m0/s1. The zero-order valence-corrected chi connectivity index (χ0v) is 26.8. The van der Waals surface area contributed by atoms with Crippen LogP contribution in [0.2, 0.25) is 5.02 Å². The predicted molar refractivity (Wildman–Crippen MR) is 168 cm³/mol. The van der Waals surface area contributed by atoms with E-state index in [1.165, 1.54) is 17.2 Å². The molecule has 4 aliphatic rings. The van der Waals surface area contributed by atoms with Crippen LogP contribution in [0.15, 0.2) is 53.4 Å². The van der Waals surface area contributed by atoms with Gasteiger partial charge in [-0.25, -0.2) is 13.1 Å². The third kappa shape index (κ3) is 5.58. The number of aryl methyl sites for hydroxylation is 1. The van der Waals surface area contributed by atoms with Crippen LogP contribution in [0.4, 0.5) is 5.69 Å². The number of ether oxygens (including phenoxy) is 1. The fourth-order valence-electron chi connectivity index (χ4n) is 7.49. The molecule has 4 atom stereocenters. The minimum absolute atomic E-state index is 0.0241. The SMILES string of the molecule is CCN1CC=C[C@H](O)[C@@H]2CC[C@H]2CN2C[C@@]3(CCCc4cc(Cl)ccc43)COc3ccc(cc32)S(=O)(=O)NC(=O)C1(C)C. The summed E-state index contributed by atoms with van der Waals surface area (Å²) in [6.07, 6.45) is 7.98. The number of hydrogen-bond acceptors (Lipinski definition) is 7. The topological polar surface area (TPSA) is 99.2 Å². The lowest BCUT2D eigenvalue weighted by atomic mass is 9.68. The monoisotopic (exact) mass is 627 g/mol. The quantitative estimate of drug-likeness (QED) is 0.443. The fourth-order valence-corrected chi connectivity index (χ4v) is 8.81. The maximum Gasteiger partial charge on any atom is 0.264 e. The second kappa shape index (κ2) is 11.4. The van der Waals surface area contributed by atoms with Crippen molar-refractivity contribution in [2.75, 3.05) is 37.7 Å². The number of rotatable bonds is 1. The van der Waals surface area contributed by atoms with Crippen LogP contribution < -0.4 is 14.4 Å². The predicted octanol–water partition coefficient (Wildman–Crippen LogP) is 4.68. The Balaban J connectivity index is 1.44. The molecule has 8 nitrogen and oxygen atoms in total. The van der Waals surface area contributed by atoms with Gasteiger partial charge in [-0.05, 0) is 106 Å². The molecule has 2 heterocycles. The molecular formula is C33H42ClN3O5S. The lowest BCUT2D eigenvalue weighted by Gasteiger charge is -2.45. The van der Waals surface area contributed by atoms with E-state index >= 15 is 0 Å². The van der Waals surface area contributed by atoms with Gasteiger partial charge in [0.15, 0.2) is 0 Å². The van der Waals surface area contributed by atoms with E-state index in [0.717, 1.165) is 37.1 Å². The summed E-state index contributed by atoms with van der Waals surface area (Å²) in [4.78, 5) is 17.6. The molecule has 2 N–H and O–H groups in total. The number of aliphatic hydroxyl groups excluding tert-OH is 1. The number of anilines is 1. The van der Waals surface area contributed by atoms with Crippen molar-refractivity contribution in [3.63, 3.8) is 0 Å². The summed E-state index contributed by atoms with van der Waals surface area (Å²) in [5, 5.41) is 11.9. The number of fused-ring (bicyclic) bond motifs is 4. The van der Waals surface area contributed by atoms with E-state index in [0.29, 0.717) is 44.2 Å². The molecule has 2 aliphatic heterocycles. The van der Waals surface area contributed by atoms with Crippen LogP contribution in [0, 0.1) is 11.8 Å². The van der Waals surface area contributed by atoms with Crippen molar-refractivity contribution in [1.82, 2.24) is 9.62 Å². The first-order valence-corrected chi connectivity index (χ1v) is 17.3. The number of nitrogens with zero attached hydrogens (tertiary/aromatic N) is 2. The van der Waals surface area contributed by atoms with Gasteiger partial charge in [-0.2, -0.15) is 0 Å². The number of carbonyl (C=O) groups is 1. The van der Waals surface area contributed by atoms with Crippen molar-refractivity contribution >= 4 is 33.2 Å². The Morgan fingerprint density at radius 2 is 1.98 bits per heavy atom. The number of amides is 1. The second-order valence-corrected chi connectivity index (χ2v) is 15.3. The number of nitrogens with one attached hydrogen (secondary N) is 1. The molecular weight excluding hydrogens is 586 g/mol. The molecule has 1 amide bonds. The smallest absolute Gasteiger partial charge is 0.264 e. The number of halogens is 1. The minimum atomic E-state index is -4.16. The molecule has 2 aromatic rings. The summed E-state index contributed by atoms with van der Waals surface area (Å²) >= 11 is 6.39. The third-order valence-corrected chi connectivity index (χ3v) is 11.9. The fraction of sp³-hybridized carbons (Fsp3) is 0.545. The van der Waals surface area contributed by atoms with Crippen LogP contribution >= 0.6 is 11.6 Å². The maximum atomic E-state index is 13.7. The number of aliphatic hydroxyl groups is 1. The first kappa shape index (κ1) is 30.4. The molecule has 0 unspecified atom stereocenters. The highest BCUT2D eigenvalue weighted by Gasteiger charge is 2.44. The molecule has 0 radical (unpaired) electrons. The zero-order chi connectivity index (χ0) is 30.6. The van der Waals surface area contributed by atoms with Gasteiger partial charge < -0.3 is 14.7 Å². The van der Waals surface area contributed by atoms with Crippen LogP contribution in [0.5, 0.6) is 5.75 Å². The Hall–Kier alpha value is -2.59. The Labute approximate surface area is 260 Å². The summed E-state index contributed by atoms with van der Waals surface area (Å²) in [5.41, 5.74) is 1.78. The van der Waals surface area contributed by atoms with E-state index in [2.05, 4.69) is 21.8 Å². The van der Waals surface area contributed by atoms with Gasteiger partial charge in [-0.1, -0.05) is 36.7 Å². The molecule has 2 aromatic carbocycles. The Kier molecular flexibility index (Phi) is 8.07. The van der Waals surface area contributed by atoms with Gasteiger partial charge in [0.05, 0.1) is 28.8 Å². The van der Waals surface area contributed by atoms with E-state index in [1.807, 2.05) is 30.0 Å². The van der Waals surface area contributed by atoms with E-state index in [4.69, 9.17) is 16.3 Å². The molecule has 1 fully saturated rings. The maximum absolute atomic E-state index is 13.7. The van der Waals surface area contributed by atoms with Crippen molar-refractivity contribution in [3.05, 3.63) is 64.7 Å². The number of likely N-dealkylation sites (N-methyl/N-ethyl adjacent to an activating group) is 1. The molecule has 2 aliphatic carbocycles. The summed E-state index contributed by atoms with van der Waals surface area (Å²) in [7, 11) is -4.16. The minimum Gasteiger partial charge on any atom is -0.490 e. The zero-order valence-electron chi connectivity index (χ0n) is 25.2. The Morgan fingerprint density at radius 1 is 1.16 bits per heavy atom. The Morgan fingerprint density at radius 3 is 2.72 bits per heavy atom. The molecule has 0 aromatic heterocycles. The van der Waals surface area contributed by atoms with Crippen molar-refractivity contribution < 1.29 is 23.1 Å². The van der Waals surface area contributed by atoms with E-state index in [-0.39, 0.29) is 22.1 Å². The molecule has 0 saturated heterocycles. The second-order valence-electron chi connectivity index (χ2n) is 13.2. The van der Waals surface area contributed by atoms with Crippen LogP contribution in [0.3, 0.4) is 0 Å². The van der Waals surface area contributed by atoms with Gasteiger partial charge in [0.2, 0.25) is 0 Å². The summed E-state index contributed by atoms with van der Waals surface area (Å²) in [5.74, 6) is 0.359. The summed E-state index contributed by atoms with van der Waals surface area (Å²) in [6.45, 7) is 8.11. The van der Waals surface area contributed by atoms with Crippen LogP contribution in [0.1, 0.15) is 57.6 Å². The normalized spacial score (nSPS) is 30.3. The highest BCUT2D eigenvalue weighted by atomic mass is 35.5. The summed E-state index contributed by atoms with van der Waals surface area (Å²) in [6, 6.07) is 11.0. The van der Waals surface area contributed by atoms with Crippen molar-refractivity contribution in [3.8, 4) is 5.75 Å². The van der Waals surface area contributed by atoms with Gasteiger partial charge in [-0.15, -0.1) is 0 Å². The molecule has 1 spiro atoms. The number of benzene rings is 2. The lowest BCUT2D eigenvalue weighted by molar-refractivity contribution is -0.129. The summed E-state index contributed by atoms with van der Waals surface area (Å²) < 4.78 is 36.2. The molecule has 43 heavy (non-hydrogen) atoms. The van der Waals surface area contributed by atoms with E-state index in [9.17, 15) is 18.3 Å². The lowest BCUT2D eigenvalue weighted by Crippen LogP contribution is -2.56. The Bertz CT molecular complexity index is 1540. The highest BCUT2D eigenvalue weighted by molar-refractivity contribution is 7.90. The van der Waals surface area contributed by atoms with E-state index in [1.54, 1.807) is 26.0 Å². The molecule has 6 rings (SSSR count). The highest BCUT2D eigenvalue weighted by Crippen LogP contribution is 2.47. The first-order valence-electron chi connectivity index (χ1n) is 15.4. The van der Waals surface area contributed by atoms with Gasteiger partial charge in [0.25, 0.3) is 15.9 Å². The molecule has 232 valence electrons. The van der Waals surface area contributed by atoms with Gasteiger partial charge in [0, 0.05) is 30.1 Å². The largest absolute Gasteiger partial charge is 0.490 e. The van der Waals surface area contributed by atoms with Crippen LogP contribution in [-0.4, -0.2) is 68.8 Å². The van der Waals surface area contributed by atoms with Crippen molar-refractivity contribution in [2.24, 2.45) is 11.8 Å². The number of carbonyl (C=O) groups excluding carboxylic acids is 1. The molecule has 1 saturated carbocycles. The van der Waals surface area contributed by atoms with Gasteiger partial charge in [-0.3, -0.25) is 9.69 Å². The molecule has 10 heteroatoms. The van der Waals surface area contributed by atoms with Gasteiger partial charge >= 0.3 is 0 Å². The number of sulfonamides is 1. The van der Waals surface area contributed by atoms with Crippen LogP contribution in [-0.2, 0) is 26.7 Å². The number of hydrogen-bond donors (Lipinski definition) is 2. The van der Waals surface area contributed by atoms with Crippen LogP contribution in [0.25, 0.3) is 0 Å².